The van der Waals surface area contributed by atoms with Gasteiger partial charge in [-0.1, -0.05) is 52.0 Å². The largest absolute Gasteiger partial charge is 0.370 e. The van der Waals surface area contributed by atoms with E-state index in [1.54, 1.807) is 13.1 Å². The number of anilines is 1. The standard InChI is InChI=1S/C22H32N4O3.C3H6/c1-13(2)10-15(12-19(23)27)21(28)25-20-22(29)26(5)18-9-7-6-8-16(18)17(24-20)11-14(3)4;1-3-2/h6-9,13-15,20H,10-12H2,1-5H3,(H2,23,27)(H,25,28);3H,1H2,2H3/t15-,20?;/m1./s1. The lowest BCUT2D eigenvalue weighted by Gasteiger charge is -2.23. The number of nitrogens with two attached hydrogens (primary N) is 1. The van der Waals surface area contributed by atoms with E-state index in [1.165, 1.54) is 4.90 Å². The smallest absolute Gasteiger partial charge is 0.272 e. The number of hydrogen-bond donors (Lipinski definition) is 2. The summed E-state index contributed by atoms with van der Waals surface area (Å²) in [6, 6.07) is 7.61. The summed E-state index contributed by atoms with van der Waals surface area (Å²) in [6.07, 6.45) is 1.86. The normalized spacial score (nSPS) is 16.4. The van der Waals surface area contributed by atoms with Gasteiger partial charge in [0.2, 0.25) is 18.0 Å². The number of nitrogens with one attached hydrogen (secondary N) is 1. The number of benzodiazepines with no additional fused rings is 1. The molecule has 0 fully saturated rings. The van der Waals surface area contributed by atoms with Gasteiger partial charge in [-0.2, -0.15) is 0 Å². The van der Waals surface area contributed by atoms with Crippen LogP contribution in [0, 0.1) is 17.8 Å². The molecule has 7 nitrogen and oxygen atoms in total. The lowest BCUT2D eigenvalue weighted by molar-refractivity contribution is -0.132. The Hall–Kier alpha value is -2.96. The molecule has 3 N–H and O–H groups in total. The maximum Gasteiger partial charge on any atom is 0.272 e. The summed E-state index contributed by atoms with van der Waals surface area (Å²) in [5, 5.41) is 2.76. The van der Waals surface area contributed by atoms with Gasteiger partial charge in [0.1, 0.15) is 0 Å². The maximum atomic E-state index is 13.1. The van der Waals surface area contributed by atoms with E-state index in [4.69, 9.17) is 5.73 Å². The van der Waals surface area contributed by atoms with Crippen LogP contribution in [0.25, 0.3) is 0 Å². The highest BCUT2D eigenvalue weighted by Gasteiger charge is 2.32. The van der Waals surface area contributed by atoms with Gasteiger partial charge in [0.15, 0.2) is 0 Å². The minimum Gasteiger partial charge on any atom is -0.370 e. The molecule has 0 radical (unpaired) electrons. The topological polar surface area (TPSA) is 105 Å². The highest BCUT2D eigenvalue weighted by molar-refractivity contribution is 6.13. The van der Waals surface area contributed by atoms with Gasteiger partial charge < -0.3 is 16.0 Å². The molecular weight excluding hydrogens is 404 g/mol. The number of aliphatic imine (C=N–C) groups is 1. The van der Waals surface area contributed by atoms with E-state index in [0.29, 0.717) is 18.8 Å². The van der Waals surface area contributed by atoms with Gasteiger partial charge in [-0.05, 0) is 37.7 Å². The van der Waals surface area contributed by atoms with Crippen LogP contribution in [0.2, 0.25) is 0 Å². The number of nitrogens with zero attached hydrogens (tertiary/aromatic N) is 2. The van der Waals surface area contributed by atoms with Crippen molar-refractivity contribution in [1.82, 2.24) is 5.32 Å². The second-order valence-corrected chi connectivity index (χ2v) is 8.90. The number of likely N-dealkylation sites (N-methyl/N-ethyl adjacent to an activating group) is 1. The lowest BCUT2D eigenvalue weighted by atomic mass is 9.93. The predicted molar refractivity (Wildman–Crippen MR) is 130 cm³/mol. The summed E-state index contributed by atoms with van der Waals surface area (Å²) in [6.45, 7) is 13.4. The fourth-order valence-electron chi connectivity index (χ4n) is 3.58. The first-order chi connectivity index (χ1) is 15.0. The molecule has 0 spiro atoms. The van der Waals surface area contributed by atoms with Crippen LogP contribution in [-0.2, 0) is 14.4 Å². The molecule has 0 aliphatic carbocycles. The van der Waals surface area contributed by atoms with Crippen molar-refractivity contribution in [1.29, 1.82) is 0 Å². The van der Waals surface area contributed by atoms with Crippen LogP contribution in [0.3, 0.4) is 0 Å². The first-order valence-corrected chi connectivity index (χ1v) is 11.1. The molecule has 1 heterocycles. The Labute approximate surface area is 192 Å². The van der Waals surface area contributed by atoms with Gasteiger partial charge in [0.05, 0.1) is 5.69 Å². The second-order valence-electron chi connectivity index (χ2n) is 8.90. The predicted octanol–water partition coefficient (Wildman–Crippen LogP) is 3.67. The number of amides is 3. The van der Waals surface area contributed by atoms with E-state index in [1.807, 2.05) is 45.0 Å². The van der Waals surface area contributed by atoms with Crippen LogP contribution in [0.15, 0.2) is 41.9 Å². The van der Waals surface area contributed by atoms with Crippen LogP contribution in [0.1, 0.15) is 59.4 Å². The van der Waals surface area contributed by atoms with Crippen LogP contribution in [0.5, 0.6) is 0 Å². The Balaban J connectivity index is 0.00000161. The molecule has 176 valence electrons. The van der Waals surface area contributed by atoms with Crippen LogP contribution >= 0.6 is 0 Å². The SMILES string of the molecule is C=CC.CC(C)CC1=NC(NC(=O)[C@@H](CC(N)=O)CC(C)C)C(=O)N(C)c2ccccc21. The van der Waals surface area contributed by atoms with Gasteiger partial charge in [-0.25, -0.2) is 0 Å². The van der Waals surface area contributed by atoms with Crippen molar-refractivity contribution in [3.63, 3.8) is 0 Å². The Bertz CT molecular complexity index is 845. The van der Waals surface area contributed by atoms with Gasteiger partial charge in [-0.3, -0.25) is 19.4 Å². The highest BCUT2D eigenvalue weighted by Crippen LogP contribution is 2.27. The van der Waals surface area contributed by atoms with E-state index in [-0.39, 0.29) is 24.2 Å². The number of hydrogen-bond acceptors (Lipinski definition) is 4. The Morgan fingerprint density at radius 2 is 1.81 bits per heavy atom. The van der Waals surface area contributed by atoms with Crippen LogP contribution < -0.4 is 16.0 Å². The third kappa shape index (κ3) is 7.94. The molecule has 1 aliphatic rings. The molecular formula is C25H38N4O3. The average molecular weight is 443 g/mol. The molecule has 0 saturated carbocycles. The minimum atomic E-state index is -1.03. The van der Waals surface area contributed by atoms with Gasteiger partial charge >= 0.3 is 0 Å². The molecule has 1 aromatic rings. The summed E-state index contributed by atoms with van der Waals surface area (Å²) in [7, 11) is 1.68. The Kier molecular flexibility index (Phi) is 10.8. The number of carbonyl (C=O) groups is 3. The Morgan fingerprint density at radius 3 is 2.34 bits per heavy atom. The van der Waals surface area contributed by atoms with Crippen molar-refractivity contribution in [2.45, 2.75) is 60.0 Å². The number of benzene rings is 1. The third-order valence-corrected chi connectivity index (χ3v) is 4.88. The molecule has 2 atom stereocenters. The van der Waals surface area contributed by atoms with Crippen LogP contribution in [-0.4, -0.2) is 36.6 Å². The zero-order chi connectivity index (χ0) is 24.4. The zero-order valence-electron chi connectivity index (χ0n) is 20.2. The molecule has 2 rings (SSSR count). The molecule has 0 aromatic heterocycles. The van der Waals surface area contributed by atoms with Gasteiger partial charge in [0.25, 0.3) is 5.91 Å². The molecule has 0 bridgehead atoms. The summed E-state index contributed by atoms with van der Waals surface area (Å²) < 4.78 is 0. The number of primary amides is 1. The molecule has 1 aromatic carbocycles. The van der Waals surface area contributed by atoms with E-state index >= 15 is 0 Å². The van der Waals surface area contributed by atoms with Crippen molar-refractivity contribution >= 4 is 29.1 Å². The number of carbonyl (C=O) groups excluding carboxylic acids is 3. The van der Waals surface area contributed by atoms with Crippen molar-refractivity contribution in [3.05, 3.63) is 42.5 Å². The van der Waals surface area contributed by atoms with E-state index in [0.717, 1.165) is 17.0 Å². The van der Waals surface area contributed by atoms with Crippen molar-refractivity contribution < 1.29 is 14.4 Å². The van der Waals surface area contributed by atoms with E-state index in [2.05, 4.69) is 30.7 Å². The quantitative estimate of drug-likeness (QED) is 0.600. The fraction of sp³-hybridized carbons (Fsp3) is 0.520. The van der Waals surface area contributed by atoms with Crippen molar-refractivity contribution in [2.24, 2.45) is 28.5 Å². The highest BCUT2D eigenvalue weighted by atomic mass is 16.2. The van der Waals surface area contributed by atoms with Gasteiger partial charge in [0, 0.05) is 30.7 Å². The summed E-state index contributed by atoms with van der Waals surface area (Å²) in [4.78, 5) is 43.5. The summed E-state index contributed by atoms with van der Waals surface area (Å²) in [5.74, 6) is -1.26. The van der Waals surface area contributed by atoms with E-state index < -0.39 is 18.0 Å². The molecule has 3 amide bonds. The number of rotatable bonds is 8. The zero-order valence-corrected chi connectivity index (χ0v) is 20.2. The van der Waals surface area contributed by atoms with E-state index in [9.17, 15) is 14.4 Å². The summed E-state index contributed by atoms with van der Waals surface area (Å²) in [5.41, 5.74) is 7.77. The first-order valence-electron chi connectivity index (χ1n) is 11.1. The van der Waals surface area contributed by atoms with Crippen molar-refractivity contribution in [3.8, 4) is 0 Å². The average Bonchev–Trinajstić information content (AvgIpc) is 2.78. The van der Waals surface area contributed by atoms with Crippen molar-refractivity contribution in [2.75, 3.05) is 11.9 Å². The molecule has 0 saturated heterocycles. The number of fused-ring (bicyclic) bond motifs is 1. The molecule has 7 heteroatoms. The molecule has 1 unspecified atom stereocenters. The molecule has 1 aliphatic heterocycles. The summed E-state index contributed by atoms with van der Waals surface area (Å²) >= 11 is 0. The fourth-order valence-corrected chi connectivity index (χ4v) is 3.58. The molecule has 32 heavy (non-hydrogen) atoms. The number of para-hydroxylation sites is 1. The maximum absolute atomic E-state index is 13.1. The monoisotopic (exact) mass is 442 g/mol. The second kappa shape index (κ2) is 12.8. The number of allylic oxidation sites excluding steroid dienone is 1. The first kappa shape index (κ1) is 27.1. The lowest BCUT2D eigenvalue weighted by Crippen LogP contribution is -2.48. The van der Waals surface area contributed by atoms with Crippen LogP contribution in [0.4, 0.5) is 5.69 Å². The minimum absolute atomic E-state index is 0.0520. The third-order valence-electron chi connectivity index (χ3n) is 4.88. The van der Waals surface area contributed by atoms with Gasteiger partial charge in [-0.15, -0.1) is 6.58 Å². The Morgan fingerprint density at radius 1 is 1.22 bits per heavy atom.